The Morgan fingerprint density at radius 1 is 1.38 bits per heavy atom. The van der Waals surface area contributed by atoms with Crippen LogP contribution in [0.15, 0.2) is 0 Å². The average Bonchev–Trinajstić information content (AvgIpc) is 2.30. The molecule has 1 rings (SSSR count). The molecular weight excluding hydrogens is 270 g/mol. The number of rotatable bonds is 6. The molecular formula is C12H22BrNO2. The first-order valence-corrected chi connectivity index (χ1v) is 7.22. The summed E-state index contributed by atoms with van der Waals surface area (Å²) in [5, 5.41) is 0.996. The van der Waals surface area contributed by atoms with E-state index in [0.717, 1.165) is 50.7 Å². The molecule has 16 heavy (non-hydrogen) atoms. The lowest BCUT2D eigenvalue weighted by Crippen LogP contribution is -2.39. The van der Waals surface area contributed by atoms with Crippen LogP contribution in [-0.2, 0) is 9.53 Å². The Hall–Kier alpha value is -0.0900. The van der Waals surface area contributed by atoms with Gasteiger partial charge in [-0.15, -0.1) is 0 Å². The van der Waals surface area contributed by atoms with Crippen LogP contribution >= 0.6 is 15.9 Å². The van der Waals surface area contributed by atoms with Gasteiger partial charge in [-0.25, -0.2) is 0 Å². The van der Waals surface area contributed by atoms with Crippen molar-refractivity contribution in [3.8, 4) is 0 Å². The first-order chi connectivity index (χ1) is 7.77. The molecule has 0 aromatic carbocycles. The summed E-state index contributed by atoms with van der Waals surface area (Å²) in [6.45, 7) is 2.67. The number of alkyl halides is 1. The average molecular weight is 292 g/mol. The molecule has 0 saturated carbocycles. The highest BCUT2D eigenvalue weighted by molar-refractivity contribution is 9.09. The van der Waals surface area contributed by atoms with Crippen molar-refractivity contribution in [1.29, 1.82) is 0 Å². The van der Waals surface area contributed by atoms with Crippen LogP contribution in [0.3, 0.4) is 0 Å². The molecule has 0 aliphatic carbocycles. The molecule has 0 aromatic heterocycles. The Labute approximate surface area is 107 Å². The quantitative estimate of drug-likeness (QED) is 0.556. The maximum atomic E-state index is 11.8. The second-order valence-corrected chi connectivity index (χ2v) is 5.22. The summed E-state index contributed by atoms with van der Waals surface area (Å²) in [4.78, 5) is 13.8. The molecule has 94 valence electrons. The molecule has 3 nitrogen and oxygen atoms in total. The number of likely N-dealkylation sites (tertiary alicyclic amines) is 1. The van der Waals surface area contributed by atoms with Crippen LogP contribution in [0.5, 0.6) is 0 Å². The van der Waals surface area contributed by atoms with Crippen molar-refractivity contribution in [1.82, 2.24) is 4.90 Å². The maximum Gasteiger partial charge on any atom is 0.222 e. The number of unbranched alkanes of at least 4 members (excludes halogenated alkanes) is 1. The smallest absolute Gasteiger partial charge is 0.222 e. The fourth-order valence-corrected chi connectivity index (χ4v) is 2.51. The standard InChI is InChI=1S/C12H22BrNO2/c1-16-10-11-5-8-14(9-6-11)12(15)4-2-3-7-13/h11H,2-10H2,1H3. The van der Waals surface area contributed by atoms with Gasteiger partial charge >= 0.3 is 0 Å². The molecule has 1 heterocycles. The van der Waals surface area contributed by atoms with E-state index in [1.807, 2.05) is 4.90 Å². The number of hydrogen-bond donors (Lipinski definition) is 0. The number of nitrogens with zero attached hydrogens (tertiary/aromatic N) is 1. The van der Waals surface area contributed by atoms with E-state index in [9.17, 15) is 4.79 Å². The van der Waals surface area contributed by atoms with E-state index in [1.165, 1.54) is 0 Å². The van der Waals surface area contributed by atoms with Gasteiger partial charge in [0.25, 0.3) is 0 Å². The minimum absolute atomic E-state index is 0.330. The van der Waals surface area contributed by atoms with Crippen LogP contribution in [0.25, 0.3) is 0 Å². The van der Waals surface area contributed by atoms with Gasteiger partial charge in [0, 0.05) is 38.6 Å². The van der Waals surface area contributed by atoms with Crippen molar-refractivity contribution < 1.29 is 9.53 Å². The molecule has 4 heteroatoms. The van der Waals surface area contributed by atoms with Crippen molar-refractivity contribution in [2.45, 2.75) is 32.1 Å². The van der Waals surface area contributed by atoms with Gasteiger partial charge in [-0.05, 0) is 31.6 Å². The van der Waals surface area contributed by atoms with Crippen LogP contribution in [0, 0.1) is 5.92 Å². The van der Waals surface area contributed by atoms with Crippen molar-refractivity contribution >= 4 is 21.8 Å². The third-order valence-electron chi connectivity index (χ3n) is 3.14. The van der Waals surface area contributed by atoms with E-state index < -0.39 is 0 Å². The third kappa shape index (κ3) is 4.83. The van der Waals surface area contributed by atoms with Crippen LogP contribution in [0.4, 0.5) is 0 Å². The topological polar surface area (TPSA) is 29.5 Å². The van der Waals surface area contributed by atoms with E-state index in [4.69, 9.17) is 4.74 Å². The second kappa shape index (κ2) is 8.07. The third-order valence-corrected chi connectivity index (χ3v) is 3.70. The number of ether oxygens (including phenoxy) is 1. The lowest BCUT2D eigenvalue weighted by atomic mass is 9.97. The SMILES string of the molecule is COCC1CCN(C(=O)CCCCBr)CC1. The Morgan fingerprint density at radius 2 is 2.06 bits per heavy atom. The molecule has 0 unspecified atom stereocenters. The number of methoxy groups -OCH3 is 1. The normalized spacial score (nSPS) is 17.8. The highest BCUT2D eigenvalue weighted by Gasteiger charge is 2.21. The number of halogens is 1. The van der Waals surface area contributed by atoms with Crippen molar-refractivity contribution in [3.63, 3.8) is 0 Å². The lowest BCUT2D eigenvalue weighted by molar-refractivity contribution is -0.132. The summed E-state index contributed by atoms with van der Waals surface area (Å²) in [7, 11) is 1.75. The number of amides is 1. The Morgan fingerprint density at radius 3 is 2.62 bits per heavy atom. The molecule has 1 amide bonds. The Kier molecular flexibility index (Phi) is 7.05. The van der Waals surface area contributed by atoms with Crippen molar-refractivity contribution in [2.75, 3.05) is 32.1 Å². The molecule has 1 aliphatic rings. The minimum atomic E-state index is 0.330. The van der Waals surface area contributed by atoms with Crippen LogP contribution in [0.2, 0.25) is 0 Å². The van der Waals surface area contributed by atoms with Gasteiger partial charge in [-0.1, -0.05) is 15.9 Å². The van der Waals surface area contributed by atoms with Gasteiger partial charge < -0.3 is 9.64 Å². The van der Waals surface area contributed by atoms with E-state index in [0.29, 0.717) is 18.2 Å². The molecule has 1 aliphatic heterocycles. The van der Waals surface area contributed by atoms with Crippen molar-refractivity contribution in [2.24, 2.45) is 5.92 Å². The van der Waals surface area contributed by atoms with Crippen molar-refractivity contribution in [3.05, 3.63) is 0 Å². The summed E-state index contributed by atoms with van der Waals surface area (Å²) in [5.74, 6) is 0.980. The summed E-state index contributed by atoms with van der Waals surface area (Å²) >= 11 is 3.38. The lowest BCUT2D eigenvalue weighted by Gasteiger charge is -2.31. The fourth-order valence-electron chi connectivity index (χ4n) is 2.11. The van der Waals surface area contributed by atoms with Gasteiger partial charge in [0.05, 0.1) is 0 Å². The van der Waals surface area contributed by atoms with Gasteiger partial charge in [-0.2, -0.15) is 0 Å². The molecule has 0 spiro atoms. The molecule has 0 radical (unpaired) electrons. The Bertz CT molecular complexity index is 203. The second-order valence-electron chi connectivity index (χ2n) is 4.43. The zero-order valence-corrected chi connectivity index (χ0v) is 11.7. The van der Waals surface area contributed by atoms with E-state index >= 15 is 0 Å². The zero-order chi connectivity index (χ0) is 11.8. The first-order valence-electron chi connectivity index (χ1n) is 6.10. The predicted octanol–water partition coefficient (Wildman–Crippen LogP) is 2.44. The fraction of sp³-hybridized carbons (Fsp3) is 0.917. The monoisotopic (exact) mass is 291 g/mol. The van der Waals surface area contributed by atoms with Gasteiger partial charge in [0.2, 0.25) is 5.91 Å². The number of piperidine rings is 1. The van der Waals surface area contributed by atoms with Gasteiger partial charge in [0.15, 0.2) is 0 Å². The van der Waals surface area contributed by atoms with Crippen LogP contribution in [0.1, 0.15) is 32.1 Å². The zero-order valence-electron chi connectivity index (χ0n) is 10.1. The van der Waals surface area contributed by atoms with E-state index in [1.54, 1.807) is 7.11 Å². The number of carbonyl (C=O) groups excluding carboxylic acids is 1. The molecule has 0 N–H and O–H groups in total. The van der Waals surface area contributed by atoms with Crippen LogP contribution in [-0.4, -0.2) is 42.9 Å². The largest absolute Gasteiger partial charge is 0.384 e. The first kappa shape index (κ1) is 14.0. The molecule has 1 saturated heterocycles. The van der Waals surface area contributed by atoms with E-state index in [2.05, 4.69) is 15.9 Å². The molecule has 0 aromatic rings. The summed E-state index contributed by atoms with van der Waals surface area (Å²) in [6, 6.07) is 0. The summed E-state index contributed by atoms with van der Waals surface area (Å²) < 4.78 is 5.15. The molecule has 0 bridgehead atoms. The Balaban J connectivity index is 2.17. The van der Waals surface area contributed by atoms with Gasteiger partial charge in [-0.3, -0.25) is 4.79 Å². The maximum absolute atomic E-state index is 11.8. The van der Waals surface area contributed by atoms with Gasteiger partial charge in [0.1, 0.15) is 0 Å². The summed E-state index contributed by atoms with van der Waals surface area (Å²) in [5.41, 5.74) is 0. The highest BCUT2D eigenvalue weighted by Crippen LogP contribution is 2.18. The number of hydrogen-bond acceptors (Lipinski definition) is 2. The number of carbonyl (C=O) groups is 1. The highest BCUT2D eigenvalue weighted by atomic mass is 79.9. The predicted molar refractivity (Wildman–Crippen MR) is 68.8 cm³/mol. The molecule has 0 atom stereocenters. The van der Waals surface area contributed by atoms with E-state index in [-0.39, 0.29) is 0 Å². The minimum Gasteiger partial charge on any atom is -0.384 e. The summed E-state index contributed by atoms with van der Waals surface area (Å²) in [6.07, 6.45) is 4.99. The molecule has 1 fully saturated rings. The van der Waals surface area contributed by atoms with Crippen LogP contribution < -0.4 is 0 Å².